The predicted octanol–water partition coefficient (Wildman–Crippen LogP) is 3.25. The molecule has 0 aromatic heterocycles. The van der Waals surface area contributed by atoms with E-state index in [2.05, 4.69) is 5.32 Å². The van der Waals surface area contributed by atoms with Gasteiger partial charge in [0.2, 0.25) is 5.91 Å². The molecule has 0 saturated heterocycles. The molecule has 7 nitrogen and oxygen atoms in total. The smallest absolute Gasteiger partial charge is 0.270 e. The lowest BCUT2D eigenvalue weighted by atomic mass is 10.1. The Balaban J connectivity index is 2.36. The van der Waals surface area contributed by atoms with E-state index in [4.69, 9.17) is 28.9 Å². The average Bonchev–Trinajstić information content (AvgIpc) is 2.49. The van der Waals surface area contributed by atoms with Gasteiger partial charge in [0, 0.05) is 17.7 Å². The molecule has 0 aliphatic rings. The van der Waals surface area contributed by atoms with Crippen LogP contribution in [0, 0.1) is 10.1 Å². The molecule has 0 atom stereocenters. The molecule has 2 aromatic rings. The zero-order valence-corrected chi connectivity index (χ0v) is 12.9. The van der Waals surface area contributed by atoms with Gasteiger partial charge in [-0.3, -0.25) is 19.7 Å². The van der Waals surface area contributed by atoms with E-state index < -0.39 is 16.7 Å². The van der Waals surface area contributed by atoms with E-state index in [-0.39, 0.29) is 32.5 Å². The van der Waals surface area contributed by atoms with Crippen molar-refractivity contribution in [3.05, 3.63) is 67.7 Å². The summed E-state index contributed by atoms with van der Waals surface area (Å²) < 4.78 is 0. The minimum atomic E-state index is -0.706. The average molecular weight is 354 g/mol. The number of hydrogen-bond acceptors (Lipinski definition) is 4. The number of rotatable bonds is 4. The van der Waals surface area contributed by atoms with E-state index >= 15 is 0 Å². The lowest BCUT2D eigenvalue weighted by molar-refractivity contribution is -0.384. The standard InChI is InChI=1S/C14H9Cl2N3O4/c15-10-4-2-8(19(22)23)6-9(10)14(21)18-12-5-7(13(17)20)1-3-11(12)16/h1-6H,(H2,17,20)(H,18,21). The first kappa shape index (κ1) is 16.7. The largest absolute Gasteiger partial charge is 0.366 e. The number of nitrogens with two attached hydrogens (primary N) is 1. The maximum Gasteiger partial charge on any atom is 0.270 e. The molecule has 0 unspecified atom stereocenters. The Kier molecular flexibility index (Phi) is 4.83. The minimum absolute atomic E-state index is 0.0373. The van der Waals surface area contributed by atoms with Crippen molar-refractivity contribution in [3.8, 4) is 0 Å². The molecule has 3 N–H and O–H groups in total. The Labute approximate surface area is 140 Å². The molecule has 0 aliphatic carbocycles. The molecule has 0 saturated carbocycles. The monoisotopic (exact) mass is 353 g/mol. The van der Waals surface area contributed by atoms with Gasteiger partial charge in [0.25, 0.3) is 11.6 Å². The molecule has 9 heteroatoms. The summed E-state index contributed by atoms with van der Waals surface area (Å²) in [5.74, 6) is -1.40. The van der Waals surface area contributed by atoms with Gasteiger partial charge in [-0.15, -0.1) is 0 Å². The van der Waals surface area contributed by atoms with Crippen LogP contribution in [-0.4, -0.2) is 16.7 Å². The van der Waals surface area contributed by atoms with Gasteiger partial charge in [0.15, 0.2) is 0 Å². The Morgan fingerprint density at radius 3 is 2.35 bits per heavy atom. The normalized spacial score (nSPS) is 10.2. The fourth-order valence-electron chi connectivity index (χ4n) is 1.76. The zero-order valence-electron chi connectivity index (χ0n) is 11.4. The van der Waals surface area contributed by atoms with Gasteiger partial charge in [-0.25, -0.2) is 0 Å². The molecular weight excluding hydrogens is 345 g/mol. The molecule has 0 heterocycles. The van der Waals surface area contributed by atoms with Crippen molar-refractivity contribution >= 4 is 46.4 Å². The maximum atomic E-state index is 12.3. The van der Waals surface area contributed by atoms with Crippen LogP contribution in [0.2, 0.25) is 10.0 Å². The predicted molar refractivity (Wildman–Crippen MR) is 86.0 cm³/mol. The van der Waals surface area contributed by atoms with Gasteiger partial charge in [-0.1, -0.05) is 23.2 Å². The van der Waals surface area contributed by atoms with Crippen LogP contribution in [0.25, 0.3) is 0 Å². The fraction of sp³-hybridized carbons (Fsp3) is 0. The second-order valence-electron chi connectivity index (χ2n) is 4.43. The summed E-state index contributed by atoms with van der Waals surface area (Å²) in [5.41, 5.74) is 5.07. The second kappa shape index (κ2) is 6.64. The Bertz CT molecular complexity index is 824. The second-order valence-corrected chi connectivity index (χ2v) is 5.25. The molecular formula is C14H9Cl2N3O4. The molecule has 23 heavy (non-hydrogen) atoms. The number of primary amides is 1. The quantitative estimate of drug-likeness (QED) is 0.648. The Morgan fingerprint density at radius 2 is 1.74 bits per heavy atom. The van der Waals surface area contributed by atoms with Crippen molar-refractivity contribution in [3.63, 3.8) is 0 Å². The molecule has 0 radical (unpaired) electrons. The number of nitrogens with one attached hydrogen (secondary N) is 1. The van der Waals surface area contributed by atoms with Crippen LogP contribution in [0.15, 0.2) is 36.4 Å². The summed E-state index contributed by atoms with van der Waals surface area (Å²) in [5, 5.41) is 13.4. The van der Waals surface area contributed by atoms with Gasteiger partial charge >= 0.3 is 0 Å². The van der Waals surface area contributed by atoms with E-state index in [1.165, 1.54) is 30.3 Å². The Hall–Kier alpha value is -2.64. The fourth-order valence-corrected chi connectivity index (χ4v) is 2.13. The van der Waals surface area contributed by atoms with Crippen LogP contribution in [0.3, 0.4) is 0 Å². The zero-order chi connectivity index (χ0) is 17.1. The first-order valence-electron chi connectivity index (χ1n) is 6.14. The summed E-state index contributed by atoms with van der Waals surface area (Å²) in [4.78, 5) is 33.5. The number of carbonyl (C=O) groups is 2. The summed E-state index contributed by atoms with van der Waals surface area (Å²) in [7, 11) is 0. The Morgan fingerprint density at radius 1 is 1.09 bits per heavy atom. The number of nitrogens with zero attached hydrogens (tertiary/aromatic N) is 1. The van der Waals surface area contributed by atoms with Crippen LogP contribution in [-0.2, 0) is 0 Å². The van der Waals surface area contributed by atoms with Gasteiger partial charge in [-0.05, 0) is 24.3 Å². The van der Waals surface area contributed by atoms with Crippen molar-refractivity contribution in [2.75, 3.05) is 5.32 Å². The van der Waals surface area contributed by atoms with Crippen LogP contribution in [0.1, 0.15) is 20.7 Å². The number of hydrogen-bond donors (Lipinski definition) is 2. The van der Waals surface area contributed by atoms with Gasteiger partial charge < -0.3 is 11.1 Å². The molecule has 118 valence electrons. The summed E-state index contributed by atoms with van der Waals surface area (Å²) in [6.45, 7) is 0. The van der Waals surface area contributed by atoms with Crippen LogP contribution < -0.4 is 11.1 Å². The van der Waals surface area contributed by atoms with Crippen molar-refractivity contribution in [2.24, 2.45) is 5.73 Å². The number of non-ortho nitro benzene ring substituents is 1. The maximum absolute atomic E-state index is 12.3. The topological polar surface area (TPSA) is 115 Å². The van der Waals surface area contributed by atoms with Crippen molar-refractivity contribution in [1.29, 1.82) is 0 Å². The molecule has 2 rings (SSSR count). The lowest BCUT2D eigenvalue weighted by Crippen LogP contribution is -2.15. The third kappa shape index (κ3) is 3.77. The minimum Gasteiger partial charge on any atom is -0.366 e. The number of nitro benzene ring substituents is 1. The number of halogens is 2. The highest BCUT2D eigenvalue weighted by atomic mass is 35.5. The molecule has 2 aromatic carbocycles. The third-order valence-electron chi connectivity index (χ3n) is 2.90. The van der Waals surface area contributed by atoms with Crippen LogP contribution >= 0.6 is 23.2 Å². The van der Waals surface area contributed by atoms with Crippen molar-refractivity contribution in [2.45, 2.75) is 0 Å². The molecule has 0 spiro atoms. The van der Waals surface area contributed by atoms with Gasteiger partial charge in [0.05, 0.1) is 26.2 Å². The molecule has 0 aliphatic heterocycles. The summed E-state index contributed by atoms with van der Waals surface area (Å²) in [6.07, 6.45) is 0. The first-order valence-corrected chi connectivity index (χ1v) is 6.90. The van der Waals surface area contributed by atoms with Crippen LogP contribution in [0.5, 0.6) is 0 Å². The van der Waals surface area contributed by atoms with Gasteiger partial charge in [-0.2, -0.15) is 0 Å². The number of carbonyl (C=O) groups excluding carboxylic acids is 2. The number of benzene rings is 2. The number of amides is 2. The van der Waals surface area contributed by atoms with E-state index in [0.29, 0.717) is 0 Å². The highest BCUT2D eigenvalue weighted by Gasteiger charge is 2.17. The highest BCUT2D eigenvalue weighted by molar-refractivity contribution is 6.36. The SMILES string of the molecule is NC(=O)c1ccc(Cl)c(NC(=O)c2cc([N+](=O)[O-])ccc2Cl)c1. The van der Waals surface area contributed by atoms with E-state index in [0.717, 1.165) is 6.07 Å². The highest BCUT2D eigenvalue weighted by Crippen LogP contribution is 2.26. The number of anilines is 1. The van der Waals surface area contributed by atoms with E-state index in [1.54, 1.807) is 0 Å². The molecule has 0 fully saturated rings. The van der Waals surface area contributed by atoms with E-state index in [1.807, 2.05) is 0 Å². The summed E-state index contributed by atoms with van der Waals surface area (Å²) in [6, 6.07) is 7.57. The third-order valence-corrected chi connectivity index (χ3v) is 3.56. The molecule has 2 amide bonds. The summed E-state index contributed by atoms with van der Waals surface area (Å²) >= 11 is 11.8. The number of nitro groups is 1. The van der Waals surface area contributed by atoms with Crippen molar-refractivity contribution < 1.29 is 14.5 Å². The van der Waals surface area contributed by atoms with Crippen molar-refractivity contribution in [1.82, 2.24) is 0 Å². The van der Waals surface area contributed by atoms with Gasteiger partial charge in [0.1, 0.15) is 0 Å². The van der Waals surface area contributed by atoms with E-state index in [9.17, 15) is 19.7 Å². The van der Waals surface area contributed by atoms with Crippen LogP contribution in [0.4, 0.5) is 11.4 Å². The molecule has 0 bridgehead atoms. The lowest BCUT2D eigenvalue weighted by Gasteiger charge is -2.09. The first-order chi connectivity index (χ1) is 10.8.